The molecule has 1 atom stereocenters. The van der Waals surface area contributed by atoms with Gasteiger partial charge in [0.25, 0.3) is 0 Å². The minimum atomic E-state index is -0.427. The molecule has 0 radical (unpaired) electrons. The zero-order chi connectivity index (χ0) is 21.5. The van der Waals surface area contributed by atoms with Crippen LogP contribution in [0, 0.1) is 0 Å². The molecule has 1 aliphatic rings. The third kappa shape index (κ3) is 5.10. The molecule has 2 aromatic carbocycles. The first kappa shape index (κ1) is 21.6. The Balaban J connectivity index is 1.81. The van der Waals surface area contributed by atoms with E-state index < -0.39 is 5.91 Å². The van der Waals surface area contributed by atoms with Crippen molar-refractivity contribution < 1.29 is 19.1 Å². The molecule has 1 unspecified atom stereocenters. The monoisotopic (exact) mass is 411 g/mol. The predicted octanol–water partition coefficient (Wildman–Crippen LogP) is 2.75. The van der Waals surface area contributed by atoms with E-state index in [4.69, 9.17) is 15.2 Å². The van der Waals surface area contributed by atoms with E-state index in [-0.39, 0.29) is 31.5 Å². The molecule has 2 amide bonds. The maximum absolute atomic E-state index is 13.2. The third-order valence-corrected chi connectivity index (χ3v) is 5.45. The molecule has 7 nitrogen and oxygen atoms in total. The number of para-hydroxylation sites is 1. The zero-order valence-electron chi connectivity index (χ0n) is 17.5. The summed E-state index contributed by atoms with van der Waals surface area (Å²) in [5.41, 5.74) is 7.11. The van der Waals surface area contributed by atoms with Gasteiger partial charge in [-0.2, -0.15) is 0 Å². The van der Waals surface area contributed by atoms with Crippen molar-refractivity contribution in [3.05, 3.63) is 54.1 Å². The van der Waals surface area contributed by atoms with E-state index in [0.29, 0.717) is 0 Å². The van der Waals surface area contributed by atoms with Crippen molar-refractivity contribution in [2.45, 2.75) is 25.3 Å². The van der Waals surface area contributed by atoms with Crippen LogP contribution in [-0.2, 0) is 9.59 Å². The molecule has 7 heteroatoms. The Bertz CT molecular complexity index is 872. The van der Waals surface area contributed by atoms with Gasteiger partial charge in [-0.15, -0.1) is 0 Å². The molecule has 1 fully saturated rings. The lowest BCUT2D eigenvalue weighted by Crippen LogP contribution is -2.41. The number of rotatable bonds is 9. The smallest absolute Gasteiger partial charge is 0.241 e. The van der Waals surface area contributed by atoms with E-state index in [0.717, 1.165) is 42.1 Å². The van der Waals surface area contributed by atoms with Gasteiger partial charge in [-0.3, -0.25) is 14.5 Å². The highest BCUT2D eigenvalue weighted by Gasteiger charge is 2.31. The normalized spacial score (nSPS) is 16.3. The van der Waals surface area contributed by atoms with Crippen LogP contribution >= 0.6 is 0 Å². The number of nitrogens with zero attached hydrogens (tertiary/aromatic N) is 2. The lowest BCUT2D eigenvalue weighted by atomic mass is 10.0. The van der Waals surface area contributed by atoms with Crippen LogP contribution < -0.4 is 20.1 Å². The molecule has 0 bridgehead atoms. The van der Waals surface area contributed by atoms with Gasteiger partial charge in [0, 0.05) is 30.3 Å². The van der Waals surface area contributed by atoms with Gasteiger partial charge in [0.2, 0.25) is 11.8 Å². The lowest BCUT2D eigenvalue weighted by molar-refractivity contribution is -0.120. The van der Waals surface area contributed by atoms with Gasteiger partial charge in [-0.1, -0.05) is 18.2 Å². The maximum Gasteiger partial charge on any atom is 0.241 e. The van der Waals surface area contributed by atoms with Crippen LogP contribution in [-0.4, -0.2) is 50.6 Å². The minimum Gasteiger partial charge on any atom is -0.497 e. The molecular weight excluding hydrogens is 382 g/mol. The molecule has 0 aliphatic carbocycles. The highest BCUT2D eigenvalue weighted by molar-refractivity contribution is 5.95. The Morgan fingerprint density at radius 1 is 1.13 bits per heavy atom. The zero-order valence-corrected chi connectivity index (χ0v) is 17.5. The second-order valence-corrected chi connectivity index (χ2v) is 7.33. The van der Waals surface area contributed by atoms with Crippen molar-refractivity contribution in [2.75, 3.05) is 38.8 Å². The topological polar surface area (TPSA) is 85.1 Å². The van der Waals surface area contributed by atoms with Gasteiger partial charge >= 0.3 is 0 Å². The largest absolute Gasteiger partial charge is 0.497 e. The Kier molecular flexibility index (Phi) is 7.30. The Morgan fingerprint density at radius 3 is 2.57 bits per heavy atom. The molecule has 1 aliphatic heterocycles. The summed E-state index contributed by atoms with van der Waals surface area (Å²) in [4.78, 5) is 28.4. The van der Waals surface area contributed by atoms with Crippen LogP contribution in [0.2, 0.25) is 0 Å². The summed E-state index contributed by atoms with van der Waals surface area (Å²) < 4.78 is 11.0. The van der Waals surface area contributed by atoms with Crippen molar-refractivity contribution in [3.8, 4) is 11.5 Å². The molecular formula is C23H29N3O4. The van der Waals surface area contributed by atoms with Crippen molar-refractivity contribution in [3.63, 3.8) is 0 Å². The number of hydrogen-bond acceptors (Lipinski definition) is 5. The first-order chi connectivity index (χ1) is 14.5. The van der Waals surface area contributed by atoms with Crippen LogP contribution in [0.15, 0.2) is 48.5 Å². The number of methoxy groups -OCH3 is 2. The summed E-state index contributed by atoms with van der Waals surface area (Å²) >= 11 is 0. The van der Waals surface area contributed by atoms with E-state index in [1.807, 2.05) is 48.5 Å². The highest BCUT2D eigenvalue weighted by Crippen LogP contribution is 2.38. The number of nitrogens with two attached hydrogens (primary N) is 1. The van der Waals surface area contributed by atoms with Gasteiger partial charge in [0.15, 0.2) is 0 Å². The molecule has 0 spiro atoms. The molecule has 3 rings (SSSR count). The Morgan fingerprint density at radius 2 is 1.90 bits per heavy atom. The van der Waals surface area contributed by atoms with Crippen LogP contribution in [0.25, 0.3) is 0 Å². The quantitative estimate of drug-likeness (QED) is 0.686. The third-order valence-electron chi connectivity index (χ3n) is 5.45. The minimum absolute atomic E-state index is 0.0591. The van der Waals surface area contributed by atoms with Gasteiger partial charge < -0.3 is 20.1 Å². The number of amides is 2. The molecule has 160 valence electrons. The molecule has 30 heavy (non-hydrogen) atoms. The molecule has 1 heterocycles. The van der Waals surface area contributed by atoms with Gasteiger partial charge in [-0.05, 0) is 49.7 Å². The summed E-state index contributed by atoms with van der Waals surface area (Å²) in [5.74, 6) is 1.06. The fraction of sp³-hybridized carbons (Fsp3) is 0.391. The van der Waals surface area contributed by atoms with E-state index in [9.17, 15) is 9.59 Å². The number of ether oxygens (including phenoxy) is 2. The molecule has 0 saturated carbocycles. The number of anilines is 1. The Hall–Kier alpha value is -3.06. The summed E-state index contributed by atoms with van der Waals surface area (Å²) in [6.45, 7) is 1.33. The highest BCUT2D eigenvalue weighted by atomic mass is 16.5. The van der Waals surface area contributed by atoms with Crippen LogP contribution in [0.4, 0.5) is 5.69 Å². The van der Waals surface area contributed by atoms with E-state index in [2.05, 4.69) is 4.90 Å². The van der Waals surface area contributed by atoms with Gasteiger partial charge in [0.1, 0.15) is 11.5 Å². The lowest BCUT2D eigenvalue weighted by Gasteiger charge is -2.29. The van der Waals surface area contributed by atoms with E-state index in [1.54, 1.807) is 19.1 Å². The van der Waals surface area contributed by atoms with Crippen molar-refractivity contribution >= 4 is 17.5 Å². The predicted molar refractivity (Wildman–Crippen MR) is 116 cm³/mol. The van der Waals surface area contributed by atoms with Crippen LogP contribution in [0.3, 0.4) is 0 Å². The van der Waals surface area contributed by atoms with Crippen molar-refractivity contribution in [1.82, 2.24) is 4.90 Å². The summed E-state index contributed by atoms with van der Waals surface area (Å²) in [5, 5.41) is 0. The maximum atomic E-state index is 13.2. The van der Waals surface area contributed by atoms with Gasteiger partial charge in [0.05, 0.1) is 20.8 Å². The second kappa shape index (κ2) is 10.1. The summed E-state index contributed by atoms with van der Waals surface area (Å²) in [6, 6.07) is 15.2. The first-order valence-electron chi connectivity index (χ1n) is 10.1. The van der Waals surface area contributed by atoms with Crippen molar-refractivity contribution in [2.24, 2.45) is 5.73 Å². The second-order valence-electron chi connectivity index (χ2n) is 7.33. The number of carbonyl (C=O) groups excluding carboxylic acids is 2. The summed E-state index contributed by atoms with van der Waals surface area (Å²) in [7, 11) is 3.29. The molecule has 2 N–H and O–H groups in total. The summed E-state index contributed by atoms with van der Waals surface area (Å²) in [6.07, 6.45) is 2.04. The average Bonchev–Trinajstić information content (AvgIpc) is 3.21. The first-order valence-corrected chi connectivity index (χ1v) is 10.1. The van der Waals surface area contributed by atoms with Crippen LogP contribution in [0.5, 0.6) is 11.5 Å². The number of hydrogen-bond donors (Lipinski definition) is 1. The standard InChI is InChI=1S/C23H29N3O4/c1-29-18-10-11-21(30-2)19(15-18)20-9-6-13-25(20)16-23(28)26(14-12-22(24)27)17-7-4-3-5-8-17/h3-5,7-8,10-11,15,20H,6,9,12-14,16H2,1-2H3,(H2,24,27). The SMILES string of the molecule is COc1ccc(OC)c(C2CCCN2CC(=O)N(CCC(N)=O)c2ccccc2)c1. The average molecular weight is 412 g/mol. The Labute approximate surface area is 177 Å². The fourth-order valence-electron chi connectivity index (χ4n) is 3.95. The number of likely N-dealkylation sites (tertiary alicyclic amines) is 1. The number of benzene rings is 2. The van der Waals surface area contributed by atoms with E-state index >= 15 is 0 Å². The molecule has 2 aromatic rings. The molecule has 1 saturated heterocycles. The van der Waals surface area contributed by atoms with Gasteiger partial charge in [-0.25, -0.2) is 0 Å². The molecule has 0 aromatic heterocycles. The number of carbonyl (C=O) groups is 2. The van der Waals surface area contributed by atoms with Crippen LogP contribution in [0.1, 0.15) is 30.9 Å². The van der Waals surface area contributed by atoms with Crippen molar-refractivity contribution in [1.29, 1.82) is 0 Å². The number of primary amides is 1. The fourth-order valence-corrected chi connectivity index (χ4v) is 3.95. The van der Waals surface area contributed by atoms with E-state index in [1.165, 1.54) is 0 Å².